The Hall–Kier alpha value is -1.77. The van der Waals surface area contributed by atoms with E-state index in [9.17, 15) is 13.2 Å². The molecule has 3 nitrogen and oxygen atoms in total. The van der Waals surface area contributed by atoms with Gasteiger partial charge in [0.15, 0.2) is 0 Å². The molecule has 1 heterocycles. The molecule has 0 N–H and O–H groups in total. The van der Waals surface area contributed by atoms with Crippen LogP contribution in [0, 0.1) is 11.3 Å². The summed E-state index contributed by atoms with van der Waals surface area (Å²) in [6, 6.07) is 3.05. The van der Waals surface area contributed by atoms with Crippen molar-refractivity contribution >= 4 is 0 Å². The fraction of sp³-hybridized carbons (Fsp3) is 0.455. The van der Waals surface area contributed by atoms with E-state index in [1.165, 1.54) is 0 Å². The lowest BCUT2D eigenvalue weighted by molar-refractivity contribution is -0.137. The van der Waals surface area contributed by atoms with Gasteiger partial charge in [-0.05, 0) is 26.8 Å². The number of ether oxygens (including phenoxy) is 1. The Morgan fingerprint density at radius 1 is 1.24 bits per heavy atom. The third kappa shape index (κ3) is 3.94. The lowest BCUT2D eigenvalue weighted by Crippen LogP contribution is -2.24. The van der Waals surface area contributed by atoms with E-state index >= 15 is 0 Å². The molecule has 0 aliphatic heterocycles. The number of nitrogens with zero attached hydrogens (tertiary/aromatic N) is 2. The number of halogens is 3. The van der Waals surface area contributed by atoms with Gasteiger partial charge in [0, 0.05) is 6.07 Å². The van der Waals surface area contributed by atoms with Crippen molar-refractivity contribution in [3.63, 3.8) is 0 Å². The maximum Gasteiger partial charge on any atom is 0.416 e. The summed E-state index contributed by atoms with van der Waals surface area (Å²) < 4.78 is 42.8. The van der Waals surface area contributed by atoms with E-state index < -0.39 is 17.3 Å². The predicted molar refractivity (Wildman–Crippen MR) is 54.3 cm³/mol. The Morgan fingerprint density at radius 2 is 1.82 bits per heavy atom. The third-order valence-corrected chi connectivity index (χ3v) is 1.65. The van der Waals surface area contributed by atoms with Gasteiger partial charge in [0.05, 0.1) is 5.56 Å². The van der Waals surface area contributed by atoms with Gasteiger partial charge in [0.25, 0.3) is 0 Å². The highest BCUT2D eigenvalue weighted by Crippen LogP contribution is 2.32. The normalized spacial score (nSPS) is 12.1. The minimum atomic E-state index is -4.52. The molecule has 0 atom stereocenters. The highest BCUT2D eigenvalue weighted by atomic mass is 19.4. The molecular weight excluding hydrogens is 233 g/mol. The maximum absolute atomic E-state index is 12.5. The van der Waals surface area contributed by atoms with Gasteiger partial charge in [-0.2, -0.15) is 18.4 Å². The van der Waals surface area contributed by atoms with Crippen molar-refractivity contribution in [1.82, 2.24) is 4.98 Å². The van der Waals surface area contributed by atoms with Crippen LogP contribution >= 0.6 is 0 Å². The molecule has 1 aromatic rings. The van der Waals surface area contributed by atoms with Crippen molar-refractivity contribution in [2.45, 2.75) is 32.5 Å². The zero-order chi connectivity index (χ0) is 13.3. The molecule has 0 aliphatic carbocycles. The Balaban J connectivity index is 3.21. The fourth-order valence-corrected chi connectivity index (χ4v) is 1.09. The second kappa shape index (κ2) is 4.24. The van der Waals surface area contributed by atoms with E-state index in [1.807, 2.05) is 0 Å². The summed E-state index contributed by atoms with van der Waals surface area (Å²) in [5.74, 6) is -0.205. The van der Waals surface area contributed by atoms with E-state index in [2.05, 4.69) is 4.98 Å². The predicted octanol–water partition coefficient (Wildman–Crippen LogP) is 3.15. The molecule has 0 aromatic carbocycles. The highest BCUT2D eigenvalue weighted by Gasteiger charge is 2.32. The van der Waals surface area contributed by atoms with Crippen LogP contribution in [0.5, 0.6) is 5.88 Å². The van der Waals surface area contributed by atoms with Crippen molar-refractivity contribution < 1.29 is 17.9 Å². The summed E-state index contributed by atoms with van der Waals surface area (Å²) in [6.07, 6.45) is -4.52. The fourth-order valence-electron chi connectivity index (χ4n) is 1.09. The number of rotatable bonds is 1. The largest absolute Gasteiger partial charge is 0.472 e. The van der Waals surface area contributed by atoms with Gasteiger partial charge in [0.1, 0.15) is 17.4 Å². The van der Waals surface area contributed by atoms with E-state index in [0.717, 1.165) is 6.07 Å². The molecule has 0 unspecified atom stereocenters. The van der Waals surface area contributed by atoms with E-state index in [1.54, 1.807) is 26.8 Å². The molecule has 1 aromatic heterocycles. The lowest BCUT2D eigenvalue weighted by atomic mass is 10.2. The summed E-state index contributed by atoms with van der Waals surface area (Å²) in [5, 5.41) is 8.62. The molecule has 0 spiro atoms. The van der Waals surface area contributed by atoms with E-state index in [0.29, 0.717) is 6.07 Å². The van der Waals surface area contributed by atoms with Crippen LogP contribution in [0.4, 0.5) is 13.2 Å². The molecule has 6 heteroatoms. The summed E-state index contributed by atoms with van der Waals surface area (Å²) in [4.78, 5) is 3.67. The number of nitriles is 1. The van der Waals surface area contributed by atoms with Crippen molar-refractivity contribution in [2.75, 3.05) is 0 Å². The van der Waals surface area contributed by atoms with Gasteiger partial charge < -0.3 is 4.74 Å². The monoisotopic (exact) mass is 244 g/mol. The molecule has 0 saturated carbocycles. The minimum absolute atomic E-state index is 0.205. The molecule has 92 valence electrons. The van der Waals surface area contributed by atoms with Crippen LogP contribution in [0.25, 0.3) is 0 Å². The van der Waals surface area contributed by atoms with Crippen LogP contribution in [-0.4, -0.2) is 10.6 Å². The Kier molecular flexibility index (Phi) is 3.32. The third-order valence-electron chi connectivity index (χ3n) is 1.65. The first-order chi connectivity index (χ1) is 7.62. The molecule has 0 saturated heterocycles. The van der Waals surface area contributed by atoms with Crippen LogP contribution in [0.2, 0.25) is 0 Å². The average molecular weight is 244 g/mol. The van der Waals surface area contributed by atoms with Crippen LogP contribution in [0.3, 0.4) is 0 Å². The van der Waals surface area contributed by atoms with E-state index in [4.69, 9.17) is 10.00 Å². The van der Waals surface area contributed by atoms with Gasteiger partial charge in [0.2, 0.25) is 5.88 Å². The molecule has 1 rings (SSSR count). The minimum Gasteiger partial charge on any atom is -0.472 e. The molecule has 0 fully saturated rings. The molecule has 17 heavy (non-hydrogen) atoms. The summed E-state index contributed by atoms with van der Waals surface area (Å²) in [5.41, 5.74) is -1.94. The molecular formula is C11H11F3N2O. The molecule has 0 aliphatic rings. The first-order valence-corrected chi connectivity index (χ1v) is 4.80. The van der Waals surface area contributed by atoms with Gasteiger partial charge in [-0.1, -0.05) is 0 Å². The van der Waals surface area contributed by atoms with Crippen molar-refractivity contribution in [1.29, 1.82) is 5.26 Å². The SMILES string of the molecule is CC(C)(C)Oc1cc(C(F)(F)F)cc(C#N)n1. The number of hydrogen-bond donors (Lipinski definition) is 0. The van der Waals surface area contributed by atoms with Crippen LogP contribution in [-0.2, 0) is 6.18 Å². The van der Waals surface area contributed by atoms with Crippen molar-refractivity contribution in [2.24, 2.45) is 0 Å². The van der Waals surface area contributed by atoms with Gasteiger partial charge in [-0.3, -0.25) is 0 Å². The Morgan fingerprint density at radius 3 is 2.24 bits per heavy atom. The van der Waals surface area contributed by atoms with Gasteiger partial charge in [-0.15, -0.1) is 0 Å². The van der Waals surface area contributed by atoms with Crippen molar-refractivity contribution in [3.05, 3.63) is 23.4 Å². The summed E-state index contributed by atoms with van der Waals surface area (Å²) in [7, 11) is 0. The zero-order valence-corrected chi connectivity index (χ0v) is 9.59. The van der Waals surface area contributed by atoms with E-state index in [-0.39, 0.29) is 11.6 Å². The molecule has 0 radical (unpaired) electrons. The van der Waals surface area contributed by atoms with Crippen LogP contribution in [0.15, 0.2) is 12.1 Å². The highest BCUT2D eigenvalue weighted by molar-refractivity contribution is 5.33. The van der Waals surface area contributed by atoms with Crippen molar-refractivity contribution in [3.8, 4) is 11.9 Å². The van der Waals surface area contributed by atoms with Crippen LogP contribution < -0.4 is 4.74 Å². The number of alkyl halides is 3. The zero-order valence-electron chi connectivity index (χ0n) is 9.59. The number of pyridine rings is 1. The topological polar surface area (TPSA) is 45.9 Å². The lowest BCUT2D eigenvalue weighted by Gasteiger charge is -2.21. The standard InChI is InChI=1S/C11H11F3N2O/c1-10(2,3)17-9-5-7(11(12,13)14)4-8(6-15)16-9/h4-5H,1-3H3. The van der Waals surface area contributed by atoms with Gasteiger partial charge in [-0.25, -0.2) is 4.98 Å². The summed E-state index contributed by atoms with van der Waals surface area (Å²) in [6.45, 7) is 5.04. The first kappa shape index (κ1) is 13.3. The Labute approximate surface area is 96.8 Å². The van der Waals surface area contributed by atoms with Crippen LogP contribution in [0.1, 0.15) is 32.0 Å². The first-order valence-electron chi connectivity index (χ1n) is 4.80. The second-order valence-electron chi connectivity index (χ2n) is 4.40. The average Bonchev–Trinajstić information content (AvgIpc) is 2.13. The quantitative estimate of drug-likeness (QED) is 0.762. The second-order valence-corrected chi connectivity index (χ2v) is 4.40. The smallest absolute Gasteiger partial charge is 0.416 e. The Bertz CT molecular complexity index is 455. The number of aromatic nitrogens is 1. The molecule has 0 bridgehead atoms. The van der Waals surface area contributed by atoms with Gasteiger partial charge >= 0.3 is 6.18 Å². The summed E-state index contributed by atoms with van der Waals surface area (Å²) >= 11 is 0. The number of hydrogen-bond acceptors (Lipinski definition) is 3. The maximum atomic E-state index is 12.5. The molecule has 0 amide bonds.